The molecule has 0 bridgehead atoms. The Kier molecular flexibility index (Phi) is 4.54. The van der Waals surface area contributed by atoms with Crippen LogP contribution in [0.3, 0.4) is 0 Å². The number of carbonyl (C=O) groups excluding carboxylic acids is 3. The molecule has 0 aliphatic carbocycles. The third-order valence-electron chi connectivity index (χ3n) is 5.26. The van der Waals surface area contributed by atoms with Crippen LogP contribution in [0.2, 0.25) is 0 Å². The fraction of sp³-hybridized carbons (Fsp3) is 0.526. The van der Waals surface area contributed by atoms with E-state index in [-0.39, 0.29) is 11.8 Å². The summed E-state index contributed by atoms with van der Waals surface area (Å²) in [6.07, 6.45) is 3.06. The zero-order valence-electron chi connectivity index (χ0n) is 15.0. The van der Waals surface area contributed by atoms with Crippen molar-refractivity contribution in [3.8, 4) is 0 Å². The largest absolute Gasteiger partial charge is 0.341 e. The normalized spacial score (nSPS) is 25.1. The van der Waals surface area contributed by atoms with Crippen LogP contribution < -0.4 is 5.32 Å². The van der Waals surface area contributed by atoms with Gasteiger partial charge in [-0.05, 0) is 45.6 Å². The number of imide groups is 1. The molecule has 1 N–H and O–H groups in total. The molecule has 2 atom stereocenters. The lowest BCUT2D eigenvalue weighted by Crippen LogP contribution is -2.51. The molecule has 0 spiro atoms. The monoisotopic (exact) mass is 343 g/mol. The zero-order valence-corrected chi connectivity index (χ0v) is 15.0. The van der Waals surface area contributed by atoms with E-state index < -0.39 is 17.6 Å². The predicted molar refractivity (Wildman–Crippen MR) is 93.8 cm³/mol. The molecule has 6 nitrogen and oxygen atoms in total. The smallest absolute Gasteiger partial charge is 0.326 e. The molecule has 3 rings (SSSR count). The van der Waals surface area contributed by atoms with Gasteiger partial charge in [-0.1, -0.05) is 29.8 Å². The average Bonchev–Trinajstić information content (AvgIpc) is 2.85. The van der Waals surface area contributed by atoms with Crippen molar-refractivity contribution in [1.82, 2.24) is 15.1 Å². The summed E-state index contributed by atoms with van der Waals surface area (Å²) in [6, 6.07) is 6.20. The average molecular weight is 343 g/mol. The van der Waals surface area contributed by atoms with E-state index in [2.05, 4.69) is 5.32 Å². The van der Waals surface area contributed by atoms with Gasteiger partial charge in [0, 0.05) is 13.1 Å². The summed E-state index contributed by atoms with van der Waals surface area (Å²) >= 11 is 0. The molecule has 134 valence electrons. The number of carbonyl (C=O) groups is 3. The van der Waals surface area contributed by atoms with Crippen molar-refractivity contribution in [3.05, 3.63) is 35.4 Å². The minimum Gasteiger partial charge on any atom is -0.341 e. The van der Waals surface area contributed by atoms with Crippen LogP contribution in [0.5, 0.6) is 0 Å². The minimum absolute atomic E-state index is 0.156. The number of urea groups is 1. The summed E-state index contributed by atoms with van der Waals surface area (Å²) in [5.41, 5.74) is 0.660. The second-order valence-corrected chi connectivity index (χ2v) is 7.16. The molecule has 2 aliphatic heterocycles. The Labute approximate surface area is 148 Å². The Hall–Kier alpha value is -2.37. The molecule has 0 radical (unpaired) electrons. The summed E-state index contributed by atoms with van der Waals surface area (Å²) in [5.74, 6) is -0.532. The van der Waals surface area contributed by atoms with Gasteiger partial charge < -0.3 is 10.2 Å². The molecule has 4 amide bonds. The summed E-state index contributed by atoms with van der Waals surface area (Å²) in [4.78, 5) is 41.1. The van der Waals surface area contributed by atoms with E-state index in [1.165, 1.54) is 0 Å². The summed E-state index contributed by atoms with van der Waals surface area (Å²) in [6.45, 7) is 6.68. The number of benzene rings is 1. The van der Waals surface area contributed by atoms with Gasteiger partial charge in [0.2, 0.25) is 5.91 Å². The third kappa shape index (κ3) is 3.01. The Morgan fingerprint density at radius 2 is 1.72 bits per heavy atom. The number of nitrogens with zero attached hydrogens (tertiary/aromatic N) is 2. The van der Waals surface area contributed by atoms with Crippen molar-refractivity contribution >= 4 is 17.8 Å². The second kappa shape index (κ2) is 6.50. The number of aryl methyl sites for hydroxylation is 1. The van der Waals surface area contributed by atoms with E-state index in [4.69, 9.17) is 0 Å². The molecule has 1 aromatic rings. The lowest BCUT2D eigenvalue weighted by Gasteiger charge is -2.32. The first kappa shape index (κ1) is 17.5. The van der Waals surface area contributed by atoms with Crippen LogP contribution in [0.15, 0.2) is 24.3 Å². The molecule has 25 heavy (non-hydrogen) atoms. The van der Waals surface area contributed by atoms with Crippen molar-refractivity contribution < 1.29 is 14.4 Å². The van der Waals surface area contributed by atoms with Gasteiger partial charge >= 0.3 is 6.03 Å². The molecular formula is C19H25N3O3. The molecule has 6 heteroatoms. The number of rotatable bonds is 3. The molecular weight excluding hydrogens is 318 g/mol. The van der Waals surface area contributed by atoms with Crippen LogP contribution in [0.1, 0.15) is 44.2 Å². The van der Waals surface area contributed by atoms with E-state index in [0.29, 0.717) is 13.1 Å². The predicted octanol–water partition coefficient (Wildman–Crippen LogP) is 2.16. The highest BCUT2D eigenvalue weighted by atomic mass is 16.2. The first-order chi connectivity index (χ1) is 11.8. The fourth-order valence-corrected chi connectivity index (χ4v) is 3.58. The van der Waals surface area contributed by atoms with E-state index in [1.807, 2.05) is 31.2 Å². The van der Waals surface area contributed by atoms with Crippen LogP contribution in [0.4, 0.5) is 4.79 Å². The fourth-order valence-electron chi connectivity index (χ4n) is 3.58. The van der Waals surface area contributed by atoms with E-state index in [9.17, 15) is 14.4 Å². The van der Waals surface area contributed by atoms with Crippen molar-refractivity contribution in [2.24, 2.45) is 0 Å². The van der Waals surface area contributed by atoms with Gasteiger partial charge in [0.05, 0.1) is 0 Å². The van der Waals surface area contributed by atoms with Crippen LogP contribution in [-0.4, -0.2) is 46.8 Å². The van der Waals surface area contributed by atoms with Crippen LogP contribution in [0.25, 0.3) is 0 Å². The van der Waals surface area contributed by atoms with Crippen LogP contribution >= 0.6 is 0 Å². The van der Waals surface area contributed by atoms with Gasteiger partial charge in [-0.15, -0.1) is 0 Å². The van der Waals surface area contributed by atoms with Crippen LogP contribution in [-0.2, 0) is 15.1 Å². The molecule has 1 aromatic carbocycles. The standard InChI is InChI=1S/C19H25N3O3/c1-13-7-9-15(10-8-13)19(3)17(24)22(18(25)20-19)14(2)16(23)21-11-5-4-6-12-21/h7-10,14H,4-6,11-12H2,1-3H3,(H,20,25)/t14-,19+/m0/s1. The molecule has 2 aliphatic rings. The molecule has 2 saturated heterocycles. The lowest BCUT2D eigenvalue weighted by atomic mass is 9.91. The number of hydrogen-bond acceptors (Lipinski definition) is 3. The minimum atomic E-state index is -1.14. The highest BCUT2D eigenvalue weighted by molar-refractivity contribution is 6.09. The maximum atomic E-state index is 13.0. The second-order valence-electron chi connectivity index (χ2n) is 7.16. The van der Waals surface area contributed by atoms with Gasteiger partial charge in [-0.3, -0.25) is 9.59 Å². The maximum absolute atomic E-state index is 13.0. The Morgan fingerprint density at radius 1 is 1.12 bits per heavy atom. The topological polar surface area (TPSA) is 69.7 Å². The SMILES string of the molecule is Cc1ccc([C@@]2(C)NC(=O)N([C@@H](C)C(=O)N3CCCCC3)C2=O)cc1. The molecule has 2 heterocycles. The number of likely N-dealkylation sites (tertiary alicyclic amines) is 1. The molecule has 0 aromatic heterocycles. The Morgan fingerprint density at radius 3 is 2.32 bits per heavy atom. The third-order valence-corrected chi connectivity index (χ3v) is 5.26. The number of nitrogens with one attached hydrogen (secondary N) is 1. The van der Waals surface area contributed by atoms with Crippen molar-refractivity contribution in [1.29, 1.82) is 0 Å². The number of piperidine rings is 1. The summed E-state index contributed by atoms with van der Waals surface area (Å²) in [7, 11) is 0. The van der Waals surface area contributed by atoms with Crippen molar-refractivity contribution in [3.63, 3.8) is 0 Å². The van der Waals surface area contributed by atoms with E-state index >= 15 is 0 Å². The molecule has 0 saturated carbocycles. The summed E-state index contributed by atoms with van der Waals surface area (Å²) < 4.78 is 0. The Bertz CT molecular complexity index is 694. The van der Waals surface area contributed by atoms with E-state index in [0.717, 1.165) is 35.3 Å². The Balaban J connectivity index is 1.83. The zero-order chi connectivity index (χ0) is 18.2. The van der Waals surface area contributed by atoms with Gasteiger partial charge in [0.15, 0.2) is 0 Å². The van der Waals surface area contributed by atoms with E-state index in [1.54, 1.807) is 18.7 Å². The highest BCUT2D eigenvalue weighted by Crippen LogP contribution is 2.30. The lowest BCUT2D eigenvalue weighted by molar-refractivity contribution is -0.143. The summed E-state index contributed by atoms with van der Waals surface area (Å²) in [5, 5.41) is 2.77. The van der Waals surface area contributed by atoms with Gasteiger partial charge in [0.1, 0.15) is 11.6 Å². The highest BCUT2D eigenvalue weighted by Gasteiger charge is 2.52. The van der Waals surface area contributed by atoms with Gasteiger partial charge in [-0.2, -0.15) is 0 Å². The van der Waals surface area contributed by atoms with Crippen LogP contribution in [0, 0.1) is 6.92 Å². The number of amides is 4. The van der Waals surface area contributed by atoms with Crippen molar-refractivity contribution in [2.45, 2.75) is 51.6 Å². The van der Waals surface area contributed by atoms with Gasteiger partial charge in [0.25, 0.3) is 5.91 Å². The maximum Gasteiger partial charge on any atom is 0.326 e. The quantitative estimate of drug-likeness (QED) is 0.855. The first-order valence-electron chi connectivity index (χ1n) is 8.86. The first-order valence-corrected chi connectivity index (χ1v) is 8.86. The van der Waals surface area contributed by atoms with Crippen molar-refractivity contribution in [2.75, 3.05) is 13.1 Å². The van der Waals surface area contributed by atoms with Gasteiger partial charge in [-0.25, -0.2) is 9.69 Å². The molecule has 2 fully saturated rings. The molecule has 0 unspecified atom stereocenters. The number of hydrogen-bond donors (Lipinski definition) is 1.